The zero-order valence-corrected chi connectivity index (χ0v) is 13.2. The van der Waals surface area contributed by atoms with Gasteiger partial charge in [-0.05, 0) is 40.7 Å². The van der Waals surface area contributed by atoms with Gasteiger partial charge in [0.1, 0.15) is 5.60 Å². The molecule has 1 fully saturated rings. The number of amides is 3. The lowest BCUT2D eigenvalue weighted by Gasteiger charge is -2.19. The van der Waals surface area contributed by atoms with Crippen molar-refractivity contribution in [1.29, 1.82) is 0 Å². The Morgan fingerprint density at radius 1 is 1.33 bits per heavy atom. The summed E-state index contributed by atoms with van der Waals surface area (Å²) in [5, 5.41) is 5.68. The molecular weight excluding hydrogens is 274 g/mol. The Bertz CT molecular complexity index is 404. The quantitative estimate of drug-likeness (QED) is 0.555. The molecule has 0 spiro atoms. The highest BCUT2D eigenvalue weighted by molar-refractivity contribution is 6.05. The molecule has 7 heteroatoms. The summed E-state index contributed by atoms with van der Waals surface area (Å²) in [4.78, 5) is 36.0. The van der Waals surface area contributed by atoms with Crippen molar-refractivity contribution in [2.45, 2.75) is 52.2 Å². The Labute approximate surface area is 125 Å². The first kappa shape index (κ1) is 17.4. The summed E-state index contributed by atoms with van der Waals surface area (Å²) in [6.45, 7) is 8.60. The van der Waals surface area contributed by atoms with Crippen molar-refractivity contribution in [3.8, 4) is 0 Å². The number of likely N-dealkylation sites (tertiary alicyclic amines) is 1. The Balaban J connectivity index is 2.17. The summed E-state index contributed by atoms with van der Waals surface area (Å²) >= 11 is 0. The molecule has 0 radical (unpaired) electrons. The van der Waals surface area contributed by atoms with Gasteiger partial charge in [-0.2, -0.15) is 0 Å². The van der Waals surface area contributed by atoms with Gasteiger partial charge in [0.25, 0.3) is 0 Å². The van der Waals surface area contributed by atoms with E-state index in [0.29, 0.717) is 26.1 Å². The lowest BCUT2D eigenvalue weighted by atomic mass is 10.2. The first-order valence-corrected chi connectivity index (χ1v) is 7.29. The molecule has 0 aromatic carbocycles. The maximum atomic E-state index is 11.8. The normalized spacial score (nSPS) is 19.0. The van der Waals surface area contributed by atoms with E-state index in [0.717, 1.165) is 0 Å². The number of nitrogens with zero attached hydrogens (tertiary/aromatic N) is 1. The van der Waals surface area contributed by atoms with E-state index in [2.05, 4.69) is 10.6 Å². The van der Waals surface area contributed by atoms with Crippen LogP contribution in [0.3, 0.4) is 0 Å². The van der Waals surface area contributed by atoms with Crippen molar-refractivity contribution in [2.75, 3.05) is 19.6 Å². The van der Waals surface area contributed by atoms with E-state index in [1.807, 2.05) is 0 Å². The molecular formula is C14H25N3O4. The molecule has 0 bridgehead atoms. The van der Waals surface area contributed by atoms with Gasteiger partial charge in [-0.3, -0.25) is 14.5 Å². The van der Waals surface area contributed by atoms with Crippen molar-refractivity contribution in [2.24, 2.45) is 0 Å². The Morgan fingerprint density at radius 3 is 2.52 bits per heavy atom. The van der Waals surface area contributed by atoms with Gasteiger partial charge in [0, 0.05) is 13.1 Å². The van der Waals surface area contributed by atoms with Gasteiger partial charge >= 0.3 is 6.09 Å². The highest BCUT2D eigenvalue weighted by Crippen LogP contribution is 2.12. The number of imide groups is 1. The van der Waals surface area contributed by atoms with E-state index in [1.54, 1.807) is 27.7 Å². The molecule has 21 heavy (non-hydrogen) atoms. The number of ether oxygens (including phenoxy) is 1. The minimum absolute atomic E-state index is 0.133. The van der Waals surface area contributed by atoms with E-state index in [4.69, 9.17) is 4.74 Å². The molecule has 0 aromatic rings. The van der Waals surface area contributed by atoms with Gasteiger partial charge in [-0.25, -0.2) is 4.79 Å². The van der Waals surface area contributed by atoms with Gasteiger partial charge in [-0.1, -0.05) is 0 Å². The van der Waals surface area contributed by atoms with E-state index in [-0.39, 0.29) is 18.2 Å². The lowest BCUT2D eigenvalue weighted by Crippen LogP contribution is -2.40. The molecule has 120 valence electrons. The third-order valence-corrected chi connectivity index (χ3v) is 2.97. The number of carbonyl (C=O) groups is 3. The summed E-state index contributed by atoms with van der Waals surface area (Å²) in [5.74, 6) is -0.297. The smallest absolute Gasteiger partial charge is 0.407 e. The molecule has 7 nitrogen and oxygen atoms in total. The standard InChI is InChI=1S/C14H25N3O4/c1-5-17-11(18)9-10(12(17)19)15-7-6-8-16-13(20)21-14(2,3)4/h10,15H,5-9H2,1-4H3,(H,16,20). The number of likely N-dealkylation sites (N-methyl/N-ethyl adjacent to an activating group) is 1. The molecule has 1 aliphatic rings. The number of hydrogen-bond acceptors (Lipinski definition) is 5. The summed E-state index contributed by atoms with van der Waals surface area (Å²) in [6.07, 6.45) is 0.418. The molecule has 1 saturated heterocycles. The van der Waals surface area contributed by atoms with Crippen LogP contribution in [0.25, 0.3) is 0 Å². The fraction of sp³-hybridized carbons (Fsp3) is 0.786. The van der Waals surface area contributed by atoms with Crippen molar-refractivity contribution >= 4 is 17.9 Å². The van der Waals surface area contributed by atoms with Crippen LogP contribution in [0, 0.1) is 0 Å². The average Bonchev–Trinajstić information content (AvgIpc) is 2.61. The first-order valence-electron chi connectivity index (χ1n) is 7.29. The number of alkyl carbamates (subject to hydrolysis) is 1. The second-order valence-corrected chi connectivity index (χ2v) is 5.97. The molecule has 3 amide bonds. The first-order chi connectivity index (χ1) is 9.74. The third-order valence-electron chi connectivity index (χ3n) is 2.97. The largest absolute Gasteiger partial charge is 0.444 e. The van der Waals surface area contributed by atoms with Gasteiger partial charge < -0.3 is 15.4 Å². The van der Waals surface area contributed by atoms with Crippen molar-refractivity contribution in [1.82, 2.24) is 15.5 Å². The molecule has 2 N–H and O–H groups in total. The summed E-state index contributed by atoms with van der Waals surface area (Å²) in [7, 11) is 0. The number of carbonyl (C=O) groups excluding carboxylic acids is 3. The van der Waals surface area contributed by atoms with Crippen molar-refractivity contribution < 1.29 is 19.1 Å². The second-order valence-electron chi connectivity index (χ2n) is 5.97. The van der Waals surface area contributed by atoms with Crippen LogP contribution in [0.2, 0.25) is 0 Å². The predicted molar refractivity (Wildman–Crippen MR) is 77.7 cm³/mol. The van der Waals surface area contributed by atoms with Gasteiger partial charge in [0.2, 0.25) is 11.8 Å². The molecule has 1 atom stereocenters. The van der Waals surface area contributed by atoms with Gasteiger partial charge in [0.15, 0.2) is 0 Å². The molecule has 0 aromatic heterocycles. The third kappa shape index (κ3) is 5.71. The van der Waals surface area contributed by atoms with Crippen LogP contribution in [0.15, 0.2) is 0 Å². The number of nitrogens with one attached hydrogen (secondary N) is 2. The van der Waals surface area contributed by atoms with Crippen LogP contribution in [0.4, 0.5) is 4.79 Å². The predicted octanol–water partition coefficient (Wildman–Crippen LogP) is 0.638. The minimum Gasteiger partial charge on any atom is -0.444 e. The van der Waals surface area contributed by atoms with Crippen LogP contribution < -0.4 is 10.6 Å². The van der Waals surface area contributed by atoms with Gasteiger partial charge in [0.05, 0.1) is 12.5 Å². The maximum absolute atomic E-state index is 11.8. The molecule has 0 saturated carbocycles. The summed E-state index contributed by atoms with van der Waals surface area (Å²) < 4.78 is 5.10. The van der Waals surface area contributed by atoms with Crippen LogP contribution in [-0.2, 0) is 14.3 Å². The zero-order valence-electron chi connectivity index (χ0n) is 13.2. The number of rotatable bonds is 6. The van der Waals surface area contributed by atoms with Crippen LogP contribution in [0.1, 0.15) is 40.5 Å². The fourth-order valence-electron chi connectivity index (χ4n) is 2.04. The Morgan fingerprint density at radius 2 is 2.00 bits per heavy atom. The fourth-order valence-corrected chi connectivity index (χ4v) is 2.04. The van der Waals surface area contributed by atoms with Crippen LogP contribution in [-0.4, -0.2) is 54.1 Å². The maximum Gasteiger partial charge on any atom is 0.407 e. The highest BCUT2D eigenvalue weighted by atomic mass is 16.6. The molecule has 1 aliphatic heterocycles. The second kappa shape index (κ2) is 7.40. The van der Waals surface area contributed by atoms with Crippen molar-refractivity contribution in [3.05, 3.63) is 0 Å². The topological polar surface area (TPSA) is 87.7 Å². The SMILES string of the molecule is CCN1C(=O)CC(NCCCNC(=O)OC(C)(C)C)C1=O. The Kier molecular flexibility index (Phi) is 6.14. The summed E-state index contributed by atoms with van der Waals surface area (Å²) in [6, 6.07) is -0.432. The molecule has 1 heterocycles. The highest BCUT2D eigenvalue weighted by Gasteiger charge is 2.36. The van der Waals surface area contributed by atoms with E-state index in [1.165, 1.54) is 4.90 Å². The van der Waals surface area contributed by atoms with E-state index < -0.39 is 17.7 Å². The van der Waals surface area contributed by atoms with Crippen LogP contribution >= 0.6 is 0 Å². The van der Waals surface area contributed by atoms with Gasteiger partial charge in [-0.15, -0.1) is 0 Å². The summed E-state index contributed by atoms with van der Waals surface area (Å²) in [5.41, 5.74) is -0.511. The Hall–Kier alpha value is -1.63. The van der Waals surface area contributed by atoms with Crippen LogP contribution in [0.5, 0.6) is 0 Å². The number of hydrogen-bond donors (Lipinski definition) is 2. The monoisotopic (exact) mass is 299 g/mol. The molecule has 1 rings (SSSR count). The van der Waals surface area contributed by atoms with E-state index >= 15 is 0 Å². The molecule has 0 aliphatic carbocycles. The van der Waals surface area contributed by atoms with Crippen molar-refractivity contribution in [3.63, 3.8) is 0 Å². The molecule has 1 unspecified atom stereocenters. The zero-order chi connectivity index (χ0) is 16.0. The lowest BCUT2D eigenvalue weighted by molar-refractivity contribution is -0.138. The average molecular weight is 299 g/mol. The van der Waals surface area contributed by atoms with E-state index in [9.17, 15) is 14.4 Å². The minimum atomic E-state index is -0.511.